The van der Waals surface area contributed by atoms with Gasteiger partial charge >= 0.3 is 17.9 Å². The molecule has 12 heteroatoms. The number of terminal acetylenes is 1. The normalized spacial score (nSPS) is 19.2. The molecule has 1 fully saturated rings. The molecular formula is C35H25N5O7. The summed E-state index contributed by atoms with van der Waals surface area (Å²) >= 11 is 0. The number of anilines is 1. The van der Waals surface area contributed by atoms with Crippen LogP contribution in [0.3, 0.4) is 0 Å². The molecule has 0 saturated carbocycles. The molecule has 0 aliphatic carbocycles. The Morgan fingerprint density at radius 3 is 1.89 bits per heavy atom. The standard InChI is InChI=1S/C35H25N5O7/c1-2-25(44-33(41)21-12-6-3-7-13-21)27-28(46-34(42)22-14-8-4-9-15-22)29(47-35(43)23-16-10-5-11-17-23)32(45-27)40-19-24(18-36)26-30(37)38-20-39-31(26)40/h1,3-17,19-20,25,27-29,32H,(H2,37,38,39)/t25-,27-,28-,29-,32+/m1/s1. The number of esters is 3. The number of benzene rings is 3. The van der Waals surface area contributed by atoms with Gasteiger partial charge in [0, 0.05) is 6.20 Å². The van der Waals surface area contributed by atoms with Gasteiger partial charge < -0.3 is 29.2 Å². The molecule has 47 heavy (non-hydrogen) atoms. The van der Waals surface area contributed by atoms with Gasteiger partial charge in [-0.05, 0) is 36.4 Å². The van der Waals surface area contributed by atoms with Crippen molar-refractivity contribution in [2.24, 2.45) is 0 Å². The minimum absolute atomic E-state index is 0.0306. The van der Waals surface area contributed by atoms with Gasteiger partial charge in [-0.15, -0.1) is 6.42 Å². The fourth-order valence-electron chi connectivity index (χ4n) is 5.26. The van der Waals surface area contributed by atoms with Crippen molar-refractivity contribution in [1.29, 1.82) is 5.26 Å². The summed E-state index contributed by atoms with van der Waals surface area (Å²) in [5, 5.41) is 10.1. The van der Waals surface area contributed by atoms with Gasteiger partial charge in [0.2, 0.25) is 0 Å². The minimum Gasteiger partial charge on any atom is -0.452 e. The van der Waals surface area contributed by atoms with E-state index < -0.39 is 48.6 Å². The molecule has 2 aromatic heterocycles. The average Bonchev–Trinajstić information content (AvgIpc) is 3.66. The topological polar surface area (TPSA) is 169 Å². The lowest BCUT2D eigenvalue weighted by Crippen LogP contribution is -2.44. The maximum atomic E-state index is 13.5. The second-order valence-corrected chi connectivity index (χ2v) is 10.3. The van der Waals surface area contributed by atoms with Crippen molar-refractivity contribution in [2.75, 3.05) is 5.73 Å². The Hall–Kier alpha value is -6.50. The lowest BCUT2D eigenvalue weighted by molar-refractivity contribution is -0.0766. The largest absolute Gasteiger partial charge is 0.452 e. The van der Waals surface area contributed by atoms with Gasteiger partial charge in [0.05, 0.1) is 27.6 Å². The summed E-state index contributed by atoms with van der Waals surface area (Å²) in [5.41, 5.74) is 7.00. The third kappa shape index (κ3) is 6.09. The number of carbonyl (C=O) groups is 3. The number of nitrogen functional groups attached to an aromatic ring is 1. The lowest BCUT2D eigenvalue weighted by atomic mass is 10.0. The maximum Gasteiger partial charge on any atom is 0.339 e. The molecule has 3 aromatic carbocycles. The van der Waals surface area contributed by atoms with E-state index in [-0.39, 0.29) is 39.1 Å². The van der Waals surface area contributed by atoms with E-state index in [2.05, 4.69) is 22.0 Å². The number of fused-ring (bicyclic) bond motifs is 1. The number of nitriles is 1. The van der Waals surface area contributed by atoms with Crippen LogP contribution in [0.2, 0.25) is 0 Å². The van der Waals surface area contributed by atoms with Gasteiger partial charge in [0.25, 0.3) is 0 Å². The molecule has 5 atom stereocenters. The Morgan fingerprint density at radius 2 is 1.36 bits per heavy atom. The molecule has 0 amide bonds. The van der Waals surface area contributed by atoms with Crippen molar-refractivity contribution in [1.82, 2.24) is 14.5 Å². The van der Waals surface area contributed by atoms with Gasteiger partial charge in [-0.1, -0.05) is 60.5 Å². The van der Waals surface area contributed by atoms with Crippen LogP contribution in [-0.2, 0) is 18.9 Å². The van der Waals surface area contributed by atoms with Gasteiger partial charge in [-0.25, -0.2) is 24.4 Å². The van der Waals surface area contributed by atoms with E-state index in [4.69, 9.17) is 31.1 Å². The van der Waals surface area contributed by atoms with Crippen molar-refractivity contribution < 1.29 is 33.3 Å². The van der Waals surface area contributed by atoms with E-state index in [9.17, 15) is 19.6 Å². The number of hydrogen-bond donors (Lipinski definition) is 1. The predicted molar refractivity (Wildman–Crippen MR) is 166 cm³/mol. The number of nitrogens with two attached hydrogens (primary N) is 1. The molecule has 0 unspecified atom stereocenters. The summed E-state index contributed by atoms with van der Waals surface area (Å²) < 4.78 is 25.6. The second-order valence-electron chi connectivity index (χ2n) is 10.3. The highest BCUT2D eigenvalue weighted by atomic mass is 16.7. The lowest BCUT2D eigenvalue weighted by Gasteiger charge is -2.26. The number of nitrogens with zero attached hydrogens (tertiary/aromatic N) is 4. The average molecular weight is 628 g/mol. The van der Waals surface area contributed by atoms with Crippen LogP contribution in [-0.4, -0.2) is 56.9 Å². The van der Waals surface area contributed by atoms with Crippen LogP contribution < -0.4 is 5.73 Å². The van der Waals surface area contributed by atoms with Crippen LogP contribution in [0, 0.1) is 23.7 Å². The highest BCUT2D eigenvalue weighted by Crippen LogP contribution is 2.40. The zero-order valence-electron chi connectivity index (χ0n) is 24.5. The number of aromatic nitrogens is 3. The Labute approximate surface area is 268 Å². The zero-order valence-corrected chi connectivity index (χ0v) is 24.5. The first-order valence-electron chi connectivity index (χ1n) is 14.3. The molecular weight excluding hydrogens is 602 g/mol. The molecule has 0 radical (unpaired) electrons. The molecule has 6 rings (SSSR count). The van der Waals surface area contributed by atoms with E-state index in [1.54, 1.807) is 91.0 Å². The third-order valence-electron chi connectivity index (χ3n) is 7.47. The maximum absolute atomic E-state index is 13.5. The van der Waals surface area contributed by atoms with Gasteiger partial charge in [-0.2, -0.15) is 5.26 Å². The summed E-state index contributed by atoms with van der Waals surface area (Å²) in [6, 6.07) is 26.5. The van der Waals surface area contributed by atoms with Gasteiger partial charge in [0.1, 0.15) is 30.0 Å². The fraction of sp³-hybridized carbons (Fsp3) is 0.143. The Kier molecular flexibility index (Phi) is 8.60. The summed E-state index contributed by atoms with van der Waals surface area (Å²) in [6.45, 7) is 0. The predicted octanol–water partition coefficient (Wildman–Crippen LogP) is 4.09. The van der Waals surface area contributed by atoms with Gasteiger partial charge in [-0.3, -0.25) is 0 Å². The van der Waals surface area contributed by atoms with Crippen LogP contribution >= 0.6 is 0 Å². The van der Waals surface area contributed by atoms with E-state index in [0.717, 1.165) is 0 Å². The van der Waals surface area contributed by atoms with E-state index in [1.807, 2.05) is 0 Å². The molecule has 0 bridgehead atoms. The summed E-state index contributed by atoms with van der Waals surface area (Å²) in [6.07, 6.45) is 1.59. The highest BCUT2D eigenvalue weighted by molar-refractivity contribution is 5.93. The van der Waals surface area contributed by atoms with Crippen molar-refractivity contribution in [3.63, 3.8) is 0 Å². The van der Waals surface area contributed by atoms with Crippen LogP contribution in [0.1, 0.15) is 42.9 Å². The van der Waals surface area contributed by atoms with E-state index in [0.29, 0.717) is 0 Å². The summed E-state index contributed by atoms with van der Waals surface area (Å²) in [4.78, 5) is 48.4. The van der Waals surface area contributed by atoms with Gasteiger partial charge in [0.15, 0.2) is 24.5 Å². The number of ether oxygens (including phenoxy) is 4. The molecule has 0 spiro atoms. The monoisotopic (exact) mass is 627 g/mol. The molecule has 12 nitrogen and oxygen atoms in total. The van der Waals surface area contributed by atoms with Crippen LogP contribution in [0.15, 0.2) is 104 Å². The highest BCUT2D eigenvalue weighted by Gasteiger charge is 2.54. The fourth-order valence-corrected chi connectivity index (χ4v) is 5.26. The van der Waals surface area contributed by atoms with Crippen LogP contribution in [0.5, 0.6) is 0 Å². The number of hydrogen-bond acceptors (Lipinski definition) is 11. The van der Waals surface area contributed by atoms with E-state index in [1.165, 1.54) is 17.1 Å². The van der Waals surface area contributed by atoms with Crippen molar-refractivity contribution in [2.45, 2.75) is 30.6 Å². The van der Waals surface area contributed by atoms with Crippen molar-refractivity contribution >= 4 is 34.8 Å². The van der Waals surface area contributed by atoms with E-state index >= 15 is 0 Å². The van der Waals surface area contributed by atoms with Crippen molar-refractivity contribution in [3.05, 3.63) is 126 Å². The first kappa shape index (κ1) is 30.5. The Bertz CT molecular complexity index is 2020. The molecule has 1 aliphatic rings. The third-order valence-corrected chi connectivity index (χ3v) is 7.47. The molecule has 232 valence electrons. The molecule has 2 N–H and O–H groups in total. The molecule has 1 aliphatic heterocycles. The number of rotatable bonds is 8. The zero-order chi connectivity index (χ0) is 32.9. The summed E-state index contributed by atoms with van der Waals surface area (Å²) in [5.74, 6) is 0.144. The first-order chi connectivity index (χ1) is 22.9. The Morgan fingerprint density at radius 1 is 0.830 bits per heavy atom. The summed E-state index contributed by atoms with van der Waals surface area (Å²) in [7, 11) is 0. The van der Waals surface area contributed by atoms with Crippen molar-refractivity contribution in [3.8, 4) is 18.4 Å². The quantitative estimate of drug-likeness (QED) is 0.149. The molecule has 1 saturated heterocycles. The number of carbonyl (C=O) groups excluding carboxylic acids is 3. The smallest absolute Gasteiger partial charge is 0.339 e. The second kappa shape index (κ2) is 13.2. The SMILES string of the molecule is C#C[C@@H](OC(=O)c1ccccc1)[C@H]1O[C@H](n2cc(C#N)c3c(N)ncnc32)[C@H](OC(=O)c2ccccc2)[C@@H]1OC(=O)c1ccccc1. The van der Waals surface area contributed by atoms with Crippen LogP contribution in [0.4, 0.5) is 5.82 Å². The first-order valence-corrected chi connectivity index (χ1v) is 14.3. The molecule has 3 heterocycles. The Balaban J connectivity index is 1.46. The van der Waals surface area contributed by atoms with Crippen LogP contribution in [0.25, 0.3) is 11.0 Å². The molecule has 5 aromatic rings. The minimum atomic E-state index is -1.43.